The van der Waals surface area contributed by atoms with Gasteiger partial charge in [0.25, 0.3) is 5.56 Å². The minimum atomic E-state index is -0.144. The molecule has 0 atom stereocenters. The number of H-pyrrole nitrogens is 2. The number of amides is 1. The molecule has 0 aliphatic carbocycles. The van der Waals surface area contributed by atoms with Crippen molar-refractivity contribution in [1.82, 2.24) is 34.9 Å². The Morgan fingerprint density at radius 3 is 2.42 bits per heavy atom. The number of rotatable bonds is 5. The summed E-state index contributed by atoms with van der Waals surface area (Å²) in [7, 11) is 0. The predicted molar refractivity (Wildman–Crippen MR) is 95.6 cm³/mol. The number of nitrogens with one attached hydrogen (secondary N) is 2. The van der Waals surface area contributed by atoms with Crippen LogP contribution in [0.15, 0.2) is 4.79 Å². The van der Waals surface area contributed by atoms with Crippen molar-refractivity contribution in [2.24, 2.45) is 0 Å². The van der Waals surface area contributed by atoms with Gasteiger partial charge in [-0.15, -0.1) is 0 Å². The van der Waals surface area contributed by atoms with E-state index in [0.717, 1.165) is 24.7 Å². The largest absolute Gasteiger partial charge is 0.340 e. The first-order chi connectivity index (χ1) is 12.4. The molecular formula is C17H25N7O2. The molecular weight excluding hydrogens is 334 g/mol. The Balaban J connectivity index is 1.49. The first-order valence-corrected chi connectivity index (χ1v) is 8.87. The monoisotopic (exact) mass is 359 g/mol. The second-order valence-corrected chi connectivity index (χ2v) is 6.71. The summed E-state index contributed by atoms with van der Waals surface area (Å²) in [6, 6.07) is 0. The smallest absolute Gasteiger partial charge is 0.254 e. The van der Waals surface area contributed by atoms with Crippen LogP contribution in [0, 0.1) is 20.8 Å². The molecule has 0 aromatic carbocycles. The Morgan fingerprint density at radius 2 is 1.81 bits per heavy atom. The summed E-state index contributed by atoms with van der Waals surface area (Å²) in [5, 5.41) is 7.00. The Hall–Kier alpha value is -2.55. The van der Waals surface area contributed by atoms with E-state index < -0.39 is 0 Å². The van der Waals surface area contributed by atoms with Gasteiger partial charge in [0.1, 0.15) is 11.6 Å². The van der Waals surface area contributed by atoms with Crippen LogP contribution < -0.4 is 5.56 Å². The molecule has 9 heteroatoms. The Bertz CT molecular complexity index is 834. The van der Waals surface area contributed by atoms with Gasteiger partial charge in [0.2, 0.25) is 5.91 Å². The minimum Gasteiger partial charge on any atom is -0.340 e. The number of hydrogen-bond acceptors (Lipinski definition) is 6. The van der Waals surface area contributed by atoms with Crippen molar-refractivity contribution in [3.05, 3.63) is 39.1 Å². The van der Waals surface area contributed by atoms with E-state index in [-0.39, 0.29) is 11.5 Å². The van der Waals surface area contributed by atoms with Crippen LogP contribution in [0.2, 0.25) is 0 Å². The number of hydrogen-bond donors (Lipinski definition) is 2. The van der Waals surface area contributed by atoms with E-state index in [1.807, 2.05) is 18.7 Å². The molecule has 0 spiro atoms. The van der Waals surface area contributed by atoms with E-state index >= 15 is 0 Å². The molecule has 3 heterocycles. The lowest BCUT2D eigenvalue weighted by molar-refractivity contribution is -0.133. The number of piperazine rings is 1. The molecule has 2 N–H and O–H groups in total. The lowest BCUT2D eigenvalue weighted by Crippen LogP contribution is -2.48. The zero-order valence-electron chi connectivity index (χ0n) is 15.5. The summed E-state index contributed by atoms with van der Waals surface area (Å²) in [6.45, 7) is 9.09. The fourth-order valence-corrected chi connectivity index (χ4v) is 3.25. The average molecular weight is 359 g/mol. The van der Waals surface area contributed by atoms with Gasteiger partial charge in [0.15, 0.2) is 5.82 Å². The van der Waals surface area contributed by atoms with Gasteiger partial charge in [-0.3, -0.25) is 19.6 Å². The number of aromatic amines is 2. The number of carbonyl (C=O) groups is 1. The van der Waals surface area contributed by atoms with Gasteiger partial charge in [-0.1, -0.05) is 0 Å². The highest BCUT2D eigenvalue weighted by Gasteiger charge is 2.22. The van der Waals surface area contributed by atoms with Crippen LogP contribution in [-0.2, 0) is 17.8 Å². The van der Waals surface area contributed by atoms with Crippen LogP contribution in [0.5, 0.6) is 0 Å². The molecule has 1 amide bonds. The topological polar surface area (TPSA) is 111 Å². The molecule has 0 unspecified atom stereocenters. The Morgan fingerprint density at radius 1 is 1.08 bits per heavy atom. The third-order valence-electron chi connectivity index (χ3n) is 4.66. The molecule has 0 bridgehead atoms. The standard InChI is InChI=1S/C17H25N7O2/c1-11-14(17(26)20-12(2)18-11)4-5-16(25)24-8-6-23(7-9-24)10-15-19-13(3)21-22-15/h4-10H2,1-3H3,(H,18,20,26)(H,19,21,22). The predicted octanol–water partition coefficient (Wildman–Crippen LogP) is 0.0903. The molecule has 1 fully saturated rings. The van der Waals surface area contributed by atoms with Gasteiger partial charge in [0.05, 0.1) is 6.54 Å². The fourth-order valence-electron chi connectivity index (χ4n) is 3.25. The summed E-state index contributed by atoms with van der Waals surface area (Å²) < 4.78 is 0. The van der Waals surface area contributed by atoms with Crippen molar-refractivity contribution in [2.75, 3.05) is 26.2 Å². The normalized spacial score (nSPS) is 15.4. The SMILES string of the molecule is Cc1nc(CN2CCN(C(=O)CCc3c(C)nc(C)[nH]c3=O)CC2)n[nH]1. The third-order valence-corrected chi connectivity index (χ3v) is 4.66. The highest BCUT2D eigenvalue weighted by molar-refractivity contribution is 5.76. The van der Waals surface area contributed by atoms with Crippen molar-refractivity contribution in [3.8, 4) is 0 Å². The van der Waals surface area contributed by atoms with E-state index in [1.165, 1.54) is 0 Å². The van der Waals surface area contributed by atoms with Crippen molar-refractivity contribution in [2.45, 2.75) is 40.2 Å². The van der Waals surface area contributed by atoms with E-state index in [1.54, 1.807) is 6.92 Å². The van der Waals surface area contributed by atoms with Crippen LogP contribution in [0.3, 0.4) is 0 Å². The number of carbonyl (C=O) groups excluding carboxylic acids is 1. The number of aromatic nitrogens is 5. The summed E-state index contributed by atoms with van der Waals surface area (Å²) in [6.07, 6.45) is 0.749. The molecule has 140 valence electrons. The molecule has 26 heavy (non-hydrogen) atoms. The van der Waals surface area contributed by atoms with Gasteiger partial charge < -0.3 is 9.88 Å². The van der Waals surface area contributed by atoms with E-state index in [9.17, 15) is 9.59 Å². The van der Waals surface area contributed by atoms with Crippen LogP contribution >= 0.6 is 0 Å². The Kier molecular flexibility index (Phi) is 5.46. The van der Waals surface area contributed by atoms with Crippen molar-refractivity contribution >= 4 is 5.91 Å². The maximum absolute atomic E-state index is 12.5. The molecule has 1 aliphatic heterocycles. The van der Waals surface area contributed by atoms with Gasteiger partial charge in [-0.25, -0.2) is 9.97 Å². The molecule has 9 nitrogen and oxygen atoms in total. The molecule has 1 saturated heterocycles. The Labute approximate surface area is 151 Å². The van der Waals surface area contributed by atoms with Gasteiger partial charge in [-0.2, -0.15) is 5.10 Å². The van der Waals surface area contributed by atoms with E-state index in [0.29, 0.717) is 49.6 Å². The summed E-state index contributed by atoms with van der Waals surface area (Å²) >= 11 is 0. The average Bonchev–Trinajstić information content (AvgIpc) is 2.99. The quantitative estimate of drug-likeness (QED) is 0.783. The number of nitrogens with zero attached hydrogens (tertiary/aromatic N) is 5. The fraction of sp³-hybridized carbons (Fsp3) is 0.588. The first kappa shape index (κ1) is 18.2. The van der Waals surface area contributed by atoms with Crippen molar-refractivity contribution < 1.29 is 4.79 Å². The molecule has 1 aliphatic rings. The zero-order valence-corrected chi connectivity index (χ0v) is 15.5. The van der Waals surface area contributed by atoms with Crippen LogP contribution in [0.4, 0.5) is 0 Å². The zero-order chi connectivity index (χ0) is 18.7. The second kappa shape index (κ2) is 7.77. The first-order valence-electron chi connectivity index (χ1n) is 8.87. The summed E-state index contributed by atoms with van der Waals surface area (Å²) in [4.78, 5) is 39.9. The molecule has 3 rings (SSSR count). The van der Waals surface area contributed by atoms with Crippen molar-refractivity contribution in [1.29, 1.82) is 0 Å². The second-order valence-electron chi connectivity index (χ2n) is 6.71. The van der Waals surface area contributed by atoms with Crippen LogP contribution in [0.1, 0.15) is 35.2 Å². The number of aryl methyl sites for hydroxylation is 3. The van der Waals surface area contributed by atoms with Crippen molar-refractivity contribution in [3.63, 3.8) is 0 Å². The third kappa shape index (κ3) is 4.34. The maximum atomic E-state index is 12.5. The maximum Gasteiger partial charge on any atom is 0.254 e. The molecule has 0 saturated carbocycles. The van der Waals surface area contributed by atoms with Gasteiger partial charge in [-0.05, 0) is 27.2 Å². The van der Waals surface area contributed by atoms with E-state index in [2.05, 4.69) is 30.0 Å². The van der Waals surface area contributed by atoms with Gasteiger partial charge >= 0.3 is 0 Å². The van der Waals surface area contributed by atoms with Gasteiger partial charge in [0, 0.05) is 43.9 Å². The van der Waals surface area contributed by atoms with E-state index in [4.69, 9.17) is 0 Å². The molecule has 2 aromatic rings. The minimum absolute atomic E-state index is 0.0813. The molecule has 2 aromatic heterocycles. The lowest BCUT2D eigenvalue weighted by Gasteiger charge is -2.34. The summed E-state index contributed by atoms with van der Waals surface area (Å²) in [5.41, 5.74) is 1.16. The molecule has 0 radical (unpaired) electrons. The highest BCUT2D eigenvalue weighted by Crippen LogP contribution is 2.09. The van der Waals surface area contributed by atoms with Crippen LogP contribution in [-0.4, -0.2) is 67.0 Å². The summed E-state index contributed by atoms with van der Waals surface area (Å²) in [5.74, 6) is 2.27. The van der Waals surface area contributed by atoms with Crippen LogP contribution in [0.25, 0.3) is 0 Å². The lowest BCUT2D eigenvalue weighted by atomic mass is 10.1. The highest BCUT2D eigenvalue weighted by atomic mass is 16.2.